The predicted octanol–water partition coefficient (Wildman–Crippen LogP) is 13.4. The molecule has 12 aromatic rings. The summed E-state index contributed by atoms with van der Waals surface area (Å²) in [5, 5.41) is 19.1. The molecule has 0 spiro atoms. The normalized spacial score (nSPS) is 12.0. The van der Waals surface area contributed by atoms with Crippen molar-refractivity contribution in [1.82, 2.24) is 51.5 Å². The van der Waals surface area contributed by atoms with Gasteiger partial charge in [-0.1, -0.05) is 61.9 Å². The molecular formula is C105H125N15O23. The first-order chi connectivity index (χ1) is 67.6. The summed E-state index contributed by atoms with van der Waals surface area (Å²) in [7, 11) is 0. The van der Waals surface area contributed by atoms with Gasteiger partial charge in [0.15, 0.2) is 11.5 Å². The van der Waals surface area contributed by atoms with Crippen molar-refractivity contribution >= 4 is 143 Å². The molecule has 5 aromatic heterocycles. The molecule has 14 rings (SSSR count). The first-order valence-corrected chi connectivity index (χ1v) is 45.2. The highest BCUT2D eigenvalue weighted by atomic mass is 16.6. The van der Waals surface area contributed by atoms with E-state index >= 15 is 0 Å². The number of nitrogens with zero attached hydrogens (tertiary/aromatic N) is 5. The predicted molar refractivity (Wildman–Crippen MR) is 534 cm³/mol. The van der Waals surface area contributed by atoms with Crippen LogP contribution in [0.2, 0.25) is 0 Å². The Morgan fingerprint density at radius 3 is 0.881 bits per heavy atom. The number of hydrogen-bond acceptors (Lipinski definition) is 33. The number of nitrogen functional groups attached to an aromatic ring is 5. The lowest BCUT2D eigenvalue weighted by atomic mass is 10.0. The Kier molecular flexibility index (Phi) is 46.1. The number of amides is 5. The number of rotatable bonds is 27. The molecule has 758 valence electrons. The molecule has 0 aliphatic carbocycles. The third kappa shape index (κ3) is 38.3. The lowest BCUT2D eigenvalue weighted by Crippen LogP contribution is -2.50. The number of hydrogen-bond donors (Lipinski definition) is 10. The number of benzene rings is 7. The van der Waals surface area contributed by atoms with Crippen molar-refractivity contribution in [1.29, 1.82) is 0 Å². The molecule has 2 aliphatic rings. The number of carbonyl (C=O) groups excluding carboxylic acids is 15. The van der Waals surface area contributed by atoms with E-state index in [0.29, 0.717) is 146 Å². The van der Waals surface area contributed by atoms with Crippen molar-refractivity contribution in [3.8, 4) is 40.2 Å². The molecule has 1 fully saturated rings. The fraction of sp³-hybridized carbons (Fsp3) is 0.362. The number of fused-ring (bicyclic) bond motifs is 6. The van der Waals surface area contributed by atoms with E-state index in [1.165, 1.54) is 0 Å². The average Bonchev–Trinajstić information content (AvgIpc) is 0.904. The quantitative estimate of drug-likeness (QED) is 0.0229. The number of ether oxygens (including phenoxy) is 8. The van der Waals surface area contributed by atoms with Gasteiger partial charge in [0.25, 0.3) is 11.8 Å². The molecule has 0 saturated carbocycles. The summed E-state index contributed by atoms with van der Waals surface area (Å²) in [5.74, 6) is 4.26. The Bertz CT molecular complexity index is 6360. The Hall–Kier alpha value is -16.6. The highest BCUT2D eigenvalue weighted by Crippen LogP contribution is 2.38. The minimum Gasteiger partial charge on any atom is -0.490 e. The van der Waals surface area contributed by atoms with Gasteiger partial charge in [0.2, 0.25) is 17.7 Å². The van der Waals surface area contributed by atoms with Crippen LogP contribution in [0.3, 0.4) is 0 Å². The topological polar surface area (TPSA) is 585 Å². The lowest BCUT2D eigenvalue weighted by molar-refractivity contribution is -0.193. The SMILES string of the molecule is CCCC(=O)NC(C)(C)COc1cccc2nc(C)cc(N)c12.CCCC(=O)NC(C)(C)COc1cccc2nc(C)cc(N)c12.Cc1cc(N)c2c(OCC(C)(C)NC(=O)C3CCOC3)cccc2n1.Cc1cc(N)c2c(OCC(C)(C)NC(=O)c3ccc4c(c3)OCCO4)cccc2n1.Cc1cccc(C(=O)NC(C)(C)COc2cccc3nc(C)cc(N)c23)c1.O=C=O.O=C=O.O=C=O.O=C=O.O=C=O. The van der Waals surface area contributed by atoms with Crippen molar-refractivity contribution in [2.45, 2.75) is 184 Å². The molecule has 38 nitrogen and oxygen atoms in total. The van der Waals surface area contributed by atoms with Crippen molar-refractivity contribution in [3.05, 3.63) is 209 Å². The van der Waals surface area contributed by atoms with E-state index in [-0.39, 0.29) is 72.8 Å². The summed E-state index contributed by atoms with van der Waals surface area (Å²) < 4.78 is 46.3. The second kappa shape index (κ2) is 56.5. The monoisotopic (exact) mass is 1960 g/mol. The van der Waals surface area contributed by atoms with E-state index in [4.69, 9.17) is 115 Å². The average molecular weight is 1970 g/mol. The van der Waals surface area contributed by atoms with Crippen LogP contribution in [0.1, 0.15) is 170 Å². The summed E-state index contributed by atoms with van der Waals surface area (Å²) >= 11 is 0. The second-order valence-corrected chi connectivity index (χ2v) is 36.1. The maximum absolute atomic E-state index is 12.8. The Morgan fingerprint density at radius 2 is 0.608 bits per heavy atom. The van der Waals surface area contributed by atoms with Gasteiger partial charge in [-0.3, -0.25) is 48.9 Å². The summed E-state index contributed by atoms with van der Waals surface area (Å²) in [6.45, 7) is 38.5. The smallest absolute Gasteiger partial charge is 0.373 e. The highest BCUT2D eigenvalue weighted by molar-refractivity contribution is 6.00. The zero-order valence-electron chi connectivity index (χ0n) is 83.6. The number of aromatic nitrogens is 5. The summed E-state index contributed by atoms with van der Waals surface area (Å²) in [6, 6.07) is 50.2. The van der Waals surface area contributed by atoms with Crippen LogP contribution < -0.4 is 88.4 Å². The van der Waals surface area contributed by atoms with Crippen LogP contribution >= 0.6 is 0 Å². The molecule has 7 aromatic carbocycles. The van der Waals surface area contributed by atoms with E-state index in [9.17, 15) is 24.0 Å². The first kappa shape index (κ1) is 117. The van der Waals surface area contributed by atoms with Crippen molar-refractivity contribution in [2.24, 2.45) is 5.92 Å². The third-order valence-corrected chi connectivity index (χ3v) is 20.4. The Labute approximate surface area is 828 Å². The highest BCUT2D eigenvalue weighted by Gasteiger charge is 2.32. The van der Waals surface area contributed by atoms with E-state index in [1.54, 1.807) is 24.3 Å². The summed E-state index contributed by atoms with van der Waals surface area (Å²) in [5.41, 5.74) is 41.9. The molecule has 1 atom stereocenters. The molecule has 7 heterocycles. The van der Waals surface area contributed by atoms with E-state index in [2.05, 4.69) is 51.5 Å². The largest absolute Gasteiger partial charge is 0.490 e. The lowest BCUT2D eigenvalue weighted by Gasteiger charge is -2.28. The van der Waals surface area contributed by atoms with Gasteiger partial charge in [0, 0.05) is 87.5 Å². The summed E-state index contributed by atoms with van der Waals surface area (Å²) in [6.07, 6.45) is 4.72. The first-order valence-electron chi connectivity index (χ1n) is 45.2. The Balaban J connectivity index is 0.000000304. The van der Waals surface area contributed by atoms with Crippen LogP contribution in [0.25, 0.3) is 54.5 Å². The molecular weight excluding hydrogens is 1840 g/mol. The van der Waals surface area contributed by atoms with Gasteiger partial charge >= 0.3 is 30.8 Å². The fourth-order valence-electron chi connectivity index (χ4n) is 14.4. The molecule has 0 bridgehead atoms. The minimum absolute atomic E-state index is 0.0147. The molecule has 0 radical (unpaired) electrons. The number of aryl methyl sites for hydroxylation is 6. The molecule has 143 heavy (non-hydrogen) atoms. The van der Waals surface area contributed by atoms with Crippen LogP contribution in [0.15, 0.2) is 164 Å². The van der Waals surface area contributed by atoms with Crippen molar-refractivity contribution < 1.29 is 110 Å². The number of pyridine rings is 5. The maximum Gasteiger partial charge on any atom is 0.373 e. The van der Waals surface area contributed by atoms with E-state index < -0.39 is 27.7 Å². The third-order valence-electron chi connectivity index (χ3n) is 20.4. The van der Waals surface area contributed by atoms with Crippen LogP contribution in [-0.2, 0) is 67.1 Å². The fourth-order valence-corrected chi connectivity index (χ4v) is 14.4. The standard InChI is InChI=1S/C23H25N3O4.C22H25N3O2.C19H25N3O3.2C18H25N3O2.5CO2/c1-14-11-16(24)21-17(25-14)5-4-6-19(21)30-13-23(2,3)26-22(27)15-7-8-18-20(12-15)29-10-9-28-18;1-14-7-5-8-16(11-14)21(26)25-22(3,4)13-27-19-10-6-9-18-20(19)17(23)12-15(2)24-18;1-12-9-14(20)17-15(21-12)5-4-6-16(17)25-11-19(2,3)22-18(23)13-7-8-24-10-13;2*1-5-7-16(22)21-18(3,4)11-23-15-9-6-8-14-17(15)13(19)10-12(2)20-14;5*2-1-3/h4-8,11-12H,9-10,13H2,1-3H3,(H2,24,25)(H,26,27);5-12H,13H2,1-4H3,(H2,23,24)(H,25,26);4-6,9,13H,7-8,10-11H2,1-3H3,(H2,20,21)(H,22,23);2*6,8-10H,5,7,11H2,1-4H3,(H2,19,20)(H,21,22);;;;;. The van der Waals surface area contributed by atoms with E-state index in [1.807, 2.05) is 264 Å². The zero-order chi connectivity index (χ0) is 107. The van der Waals surface area contributed by atoms with Crippen molar-refractivity contribution in [2.75, 3.05) is 88.1 Å². The number of anilines is 5. The van der Waals surface area contributed by atoms with Gasteiger partial charge in [-0.25, -0.2) is 0 Å². The number of nitrogens with one attached hydrogen (secondary N) is 5. The molecule has 15 N–H and O–H groups in total. The van der Waals surface area contributed by atoms with Gasteiger partial charge in [-0.2, -0.15) is 47.9 Å². The molecule has 1 unspecified atom stereocenters. The maximum atomic E-state index is 12.8. The van der Waals surface area contributed by atoms with Gasteiger partial charge in [0.05, 0.1) is 94.7 Å². The van der Waals surface area contributed by atoms with Crippen LogP contribution in [0.5, 0.6) is 40.2 Å². The molecule has 2 aliphatic heterocycles. The minimum atomic E-state index is -0.626. The van der Waals surface area contributed by atoms with Gasteiger partial charge in [-0.15, -0.1) is 0 Å². The van der Waals surface area contributed by atoms with Crippen LogP contribution in [0, 0.1) is 47.5 Å². The van der Waals surface area contributed by atoms with E-state index in [0.717, 1.165) is 108 Å². The van der Waals surface area contributed by atoms with Gasteiger partial charge < -0.3 is 93.1 Å². The number of nitrogens with two attached hydrogens (primary N) is 5. The van der Waals surface area contributed by atoms with Crippen LogP contribution in [-0.4, -0.2) is 172 Å². The molecule has 1 saturated heterocycles. The Morgan fingerprint density at radius 1 is 0.343 bits per heavy atom. The zero-order valence-corrected chi connectivity index (χ0v) is 83.6. The van der Waals surface area contributed by atoms with Gasteiger partial charge in [-0.05, 0) is 251 Å². The van der Waals surface area contributed by atoms with Gasteiger partial charge in [0.1, 0.15) is 75.0 Å². The molecule has 5 amide bonds. The second-order valence-electron chi connectivity index (χ2n) is 36.1. The van der Waals surface area contributed by atoms with Crippen molar-refractivity contribution in [3.63, 3.8) is 0 Å². The summed E-state index contributed by atoms with van der Waals surface area (Å²) in [4.78, 5) is 165. The molecule has 38 heteroatoms. The van der Waals surface area contributed by atoms with Crippen LogP contribution in [0.4, 0.5) is 28.4 Å². The number of carbonyl (C=O) groups is 5.